The second-order valence-corrected chi connectivity index (χ2v) is 5.68. The van der Waals surface area contributed by atoms with Gasteiger partial charge in [0.2, 0.25) is 0 Å². The summed E-state index contributed by atoms with van der Waals surface area (Å²) < 4.78 is 10.4. The zero-order valence-corrected chi connectivity index (χ0v) is 12.8. The van der Waals surface area contributed by atoms with E-state index in [0.29, 0.717) is 12.8 Å². The largest absolute Gasteiger partial charge is 0.456 e. The lowest BCUT2D eigenvalue weighted by molar-refractivity contribution is -0.152. The standard InChI is InChI=1S/C16H24O4/c1-7-11-15(3,4)19-13(17)9-10-14(18)20-16(5,6)12-8-2/h7-10H,1-2,11-12H2,3-6H3/b10-9-. The summed E-state index contributed by atoms with van der Waals surface area (Å²) in [4.78, 5) is 23.1. The highest BCUT2D eigenvalue weighted by Crippen LogP contribution is 2.16. The van der Waals surface area contributed by atoms with Crippen molar-refractivity contribution in [3.8, 4) is 0 Å². The van der Waals surface area contributed by atoms with Crippen LogP contribution in [0.2, 0.25) is 0 Å². The molecular formula is C16H24O4. The van der Waals surface area contributed by atoms with Crippen molar-refractivity contribution in [1.82, 2.24) is 0 Å². The highest BCUT2D eigenvalue weighted by Gasteiger charge is 2.21. The van der Waals surface area contributed by atoms with Gasteiger partial charge >= 0.3 is 11.9 Å². The maximum Gasteiger partial charge on any atom is 0.331 e. The van der Waals surface area contributed by atoms with Gasteiger partial charge in [0, 0.05) is 25.0 Å². The maximum atomic E-state index is 11.6. The van der Waals surface area contributed by atoms with Crippen LogP contribution in [0.4, 0.5) is 0 Å². The van der Waals surface area contributed by atoms with Gasteiger partial charge in [-0.25, -0.2) is 9.59 Å². The van der Waals surface area contributed by atoms with Crippen LogP contribution in [-0.4, -0.2) is 23.1 Å². The first-order valence-electron chi connectivity index (χ1n) is 6.48. The molecule has 0 aromatic carbocycles. The second-order valence-electron chi connectivity index (χ2n) is 5.68. The van der Waals surface area contributed by atoms with Gasteiger partial charge in [-0.15, -0.1) is 13.2 Å². The molecule has 0 aromatic rings. The number of hydrogen-bond donors (Lipinski definition) is 0. The van der Waals surface area contributed by atoms with E-state index in [4.69, 9.17) is 9.47 Å². The van der Waals surface area contributed by atoms with E-state index in [1.807, 2.05) is 0 Å². The minimum Gasteiger partial charge on any atom is -0.456 e. The van der Waals surface area contributed by atoms with Gasteiger partial charge in [0.1, 0.15) is 11.2 Å². The molecule has 0 aromatic heterocycles. The fourth-order valence-corrected chi connectivity index (χ4v) is 1.53. The van der Waals surface area contributed by atoms with Crippen molar-refractivity contribution >= 4 is 11.9 Å². The van der Waals surface area contributed by atoms with Crippen molar-refractivity contribution in [1.29, 1.82) is 0 Å². The average molecular weight is 280 g/mol. The third kappa shape index (κ3) is 8.29. The van der Waals surface area contributed by atoms with E-state index in [2.05, 4.69) is 13.2 Å². The molecule has 0 saturated carbocycles. The highest BCUT2D eigenvalue weighted by atomic mass is 16.6. The van der Waals surface area contributed by atoms with Gasteiger partial charge in [0.25, 0.3) is 0 Å². The van der Waals surface area contributed by atoms with Crippen LogP contribution in [0.15, 0.2) is 37.5 Å². The van der Waals surface area contributed by atoms with Crippen molar-refractivity contribution in [2.24, 2.45) is 0 Å². The molecule has 0 amide bonds. The summed E-state index contributed by atoms with van der Waals surface area (Å²) in [5.74, 6) is -1.18. The Morgan fingerprint density at radius 1 is 0.850 bits per heavy atom. The number of carbonyl (C=O) groups excluding carboxylic acids is 2. The molecule has 20 heavy (non-hydrogen) atoms. The zero-order chi connectivity index (χ0) is 15.8. The molecule has 0 atom stereocenters. The molecule has 0 aliphatic carbocycles. The van der Waals surface area contributed by atoms with Crippen LogP contribution >= 0.6 is 0 Å². The fourth-order valence-electron chi connectivity index (χ4n) is 1.53. The minimum absolute atomic E-state index is 0.531. The Morgan fingerprint density at radius 3 is 1.40 bits per heavy atom. The third-order valence-electron chi connectivity index (χ3n) is 2.38. The van der Waals surface area contributed by atoms with E-state index < -0.39 is 23.1 Å². The van der Waals surface area contributed by atoms with Gasteiger partial charge in [0.15, 0.2) is 0 Å². The summed E-state index contributed by atoms with van der Waals surface area (Å²) >= 11 is 0. The van der Waals surface area contributed by atoms with Crippen molar-refractivity contribution in [2.75, 3.05) is 0 Å². The Morgan fingerprint density at radius 2 is 1.15 bits per heavy atom. The second kappa shape index (κ2) is 7.68. The lowest BCUT2D eigenvalue weighted by Crippen LogP contribution is -2.27. The highest BCUT2D eigenvalue weighted by molar-refractivity contribution is 5.92. The molecule has 0 spiro atoms. The smallest absolute Gasteiger partial charge is 0.331 e. The first-order chi connectivity index (χ1) is 9.12. The average Bonchev–Trinajstić information content (AvgIpc) is 2.24. The summed E-state index contributed by atoms with van der Waals surface area (Å²) in [7, 11) is 0. The van der Waals surface area contributed by atoms with Crippen molar-refractivity contribution in [3.63, 3.8) is 0 Å². The summed E-state index contributed by atoms with van der Waals surface area (Å²) in [6, 6.07) is 0. The topological polar surface area (TPSA) is 52.6 Å². The Hall–Kier alpha value is -1.84. The van der Waals surface area contributed by atoms with Crippen LogP contribution in [0, 0.1) is 0 Å². The number of carbonyl (C=O) groups is 2. The predicted molar refractivity (Wildman–Crippen MR) is 79.1 cm³/mol. The molecule has 0 rings (SSSR count). The molecule has 0 bridgehead atoms. The van der Waals surface area contributed by atoms with E-state index in [1.165, 1.54) is 0 Å². The van der Waals surface area contributed by atoms with Gasteiger partial charge in [-0.3, -0.25) is 0 Å². The summed E-state index contributed by atoms with van der Waals surface area (Å²) in [6.07, 6.45) is 6.53. The monoisotopic (exact) mass is 280 g/mol. The number of ether oxygens (including phenoxy) is 2. The first-order valence-corrected chi connectivity index (χ1v) is 6.48. The van der Waals surface area contributed by atoms with E-state index >= 15 is 0 Å². The van der Waals surface area contributed by atoms with E-state index in [-0.39, 0.29) is 0 Å². The quantitative estimate of drug-likeness (QED) is 0.389. The van der Waals surface area contributed by atoms with Crippen LogP contribution in [0.5, 0.6) is 0 Å². The lowest BCUT2D eigenvalue weighted by Gasteiger charge is -2.23. The predicted octanol–water partition coefficient (Wildman–Crippen LogP) is 3.34. The molecule has 0 heterocycles. The van der Waals surface area contributed by atoms with Crippen LogP contribution in [0.3, 0.4) is 0 Å². The van der Waals surface area contributed by atoms with E-state index in [1.54, 1.807) is 39.8 Å². The molecule has 0 saturated heterocycles. The van der Waals surface area contributed by atoms with Crippen molar-refractivity contribution < 1.29 is 19.1 Å². The maximum absolute atomic E-state index is 11.6. The Bertz CT molecular complexity index is 365. The number of hydrogen-bond acceptors (Lipinski definition) is 4. The Balaban J connectivity index is 4.42. The Labute approximate surface area is 121 Å². The van der Waals surface area contributed by atoms with Gasteiger partial charge < -0.3 is 9.47 Å². The summed E-state index contributed by atoms with van der Waals surface area (Å²) in [6.45, 7) is 14.3. The molecule has 4 nitrogen and oxygen atoms in total. The van der Waals surface area contributed by atoms with Crippen LogP contribution < -0.4 is 0 Å². The summed E-state index contributed by atoms with van der Waals surface area (Å²) in [5, 5.41) is 0. The van der Waals surface area contributed by atoms with Gasteiger partial charge in [-0.1, -0.05) is 12.2 Å². The van der Waals surface area contributed by atoms with E-state index in [9.17, 15) is 9.59 Å². The first kappa shape index (κ1) is 18.2. The molecule has 0 aliphatic rings. The molecule has 0 radical (unpaired) electrons. The molecular weight excluding hydrogens is 256 g/mol. The molecule has 0 unspecified atom stereocenters. The fraction of sp³-hybridized carbons (Fsp3) is 0.500. The molecule has 0 N–H and O–H groups in total. The molecule has 0 fully saturated rings. The van der Waals surface area contributed by atoms with Crippen LogP contribution in [0.25, 0.3) is 0 Å². The summed E-state index contributed by atoms with van der Waals surface area (Å²) in [5.41, 5.74) is -1.29. The third-order valence-corrected chi connectivity index (χ3v) is 2.38. The molecule has 4 heteroatoms. The van der Waals surface area contributed by atoms with Crippen LogP contribution in [0.1, 0.15) is 40.5 Å². The minimum atomic E-state index is -0.644. The van der Waals surface area contributed by atoms with Gasteiger partial charge in [-0.05, 0) is 27.7 Å². The van der Waals surface area contributed by atoms with E-state index in [0.717, 1.165) is 12.2 Å². The zero-order valence-electron chi connectivity index (χ0n) is 12.8. The van der Waals surface area contributed by atoms with Crippen molar-refractivity contribution in [3.05, 3.63) is 37.5 Å². The molecule has 0 aliphatic heterocycles. The lowest BCUT2D eigenvalue weighted by atomic mass is 10.1. The van der Waals surface area contributed by atoms with Gasteiger partial charge in [0.05, 0.1) is 0 Å². The normalized spacial score (nSPS) is 12.0. The van der Waals surface area contributed by atoms with Crippen LogP contribution in [-0.2, 0) is 19.1 Å². The van der Waals surface area contributed by atoms with Crippen molar-refractivity contribution in [2.45, 2.75) is 51.7 Å². The molecule has 112 valence electrons. The number of esters is 2. The number of rotatable bonds is 8. The van der Waals surface area contributed by atoms with Gasteiger partial charge in [-0.2, -0.15) is 0 Å². The SMILES string of the molecule is C=CCC(C)(C)OC(=O)/C=C\C(=O)OC(C)(C)CC=C. The Kier molecular flexibility index (Phi) is 6.97.